The predicted molar refractivity (Wildman–Crippen MR) is 47.8 cm³/mol. The molecule has 2 N–H and O–H groups in total. The normalized spacial score (nSPS) is 10.2. The first kappa shape index (κ1) is 9.31. The molecule has 2 aromatic rings. The van der Waals surface area contributed by atoms with Gasteiger partial charge in [-0.25, -0.2) is 0 Å². The molecule has 8 heteroatoms. The third-order valence-electron chi connectivity index (χ3n) is 1.60. The van der Waals surface area contributed by atoms with E-state index in [1.807, 2.05) is 0 Å². The smallest absolute Gasteiger partial charge is 0.233 e. The molecule has 15 heavy (non-hydrogen) atoms. The Kier molecular flexibility index (Phi) is 2.40. The summed E-state index contributed by atoms with van der Waals surface area (Å²) in [5.74, 6) is 1.06. The van der Waals surface area contributed by atoms with Crippen LogP contribution in [0.4, 0.5) is 5.82 Å². The van der Waals surface area contributed by atoms with E-state index in [1.165, 1.54) is 0 Å². The number of amides is 1. The molecule has 0 radical (unpaired) electrons. The Morgan fingerprint density at radius 3 is 3.13 bits per heavy atom. The lowest BCUT2D eigenvalue weighted by molar-refractivity contribution is -0.115. The first-order chi connectivity index (χ1) is 7.24. The zero-order valence-electron chi connectivity index (χ0n) is 7.89. The fourth-order valence-electron chi connectivity index (χ4n) is 1.01. The summed E-state index contributed by atoms with van der Waals surface area (Å²) in [5.41, 5.74) is 0. The summed E-state index contributed by atoms with van der Waals surface area (Å²) >= 11 is 0. The van der Waals surface area contributed by atoms with Crippen LogP contribution in [0.25, 0.3) is 0 Å². The van der Waals surface area contributed by atoms with Crippen molar-refractivity contribution >= 4 is 11.7 Å². The number of aromatic nitrogens is 5. The van der Waals surface area contributed by atoms with E-state index in [0.29, 0.717) is 17.4 Å². The van der Waals surface area contributed by atoms with Crippen LogP contribution >= 0.6 is 0 Å². The molecule has 0 unspecified atom stereocenters. The molecule has 2 rings (SSSR count). The molecule has 0 aliphatic rings. The largest absolute Gasteiger partial charge is 0.360 e. The van der Waals surface area contributed by atoms with E-state index in [-0.39, 0.29) is 12.3 Å². The average molecular weight is 208 g/mol. The summed E-state index contributed by atoms with van der Waals surface area (Å²) < 4.78 is 4.79. The van der Waals surface area contributed by atoms with Gasteiger partial charge in [-0.1, -0.05) is 10.4 Å². The number of hydrogen-bond acceptors (Lipinski definition) is 6. The maximum atomic E-state index is 11.4. The Morgan fingerprint density at radius 2 is 2.53 bits per heavy atom. The lowest BCUT2D eigenvalue weighted by Crippen LogP contribution is -2.15. The average Bonchev–Trinajstić information content (AvgIpc) is 2.77. The van der Waals surface area contributed by atoms with Gasteiger partial charge in [-0.05, 0) is 6.92 Å². The Labute approximate surface area is 84.0 Å². The van der Waals surface area contributed by atoms with Crippen molar-refractivity contribution in [2.24, 2.45) is 0 Å². The first-order valence-corrected chi connectivity index (χ1v) is 4.19. The van der Waals surface area contributed by atoms with Gasteiger partial charge in [-0.2, -0.15) is 5.21 Å². The molecule has 0 aromatic carbocycles. The minimum Gasteiger partial charge on any atom is -0.360 e. The van der Waals surface area contributed by atoms with Gasteiger partial charge in [-0.3, -0.25) is 4.79 Å². The molecule has 0 atom stereocenters. The van der Waals surface area contributed by atoms with Gasteiger partial charge >= 0.3 is 0 Å². The molecule has 0 bridgehead atoms. The molecule has 0 fully saturated rings. The van der Waals surface area contributed by atoms with Crippen LogP contribution in [0.15, 0.2) is 10.6 Å². The fraction of sp³-hybridized carbons (Fsp3) is 0.286. The second-order valence-corrected chi connectivity index (χ2v) is 2.88. The van der Waals surface area contributed by atoms with Crippen molar-refractivity contribution in [3.8, 4) is 0 Å². The number of tetrazole rings is 1. The standard InChI is InChI=1S/C7H8N6O2/c1-4-2-5(11-15-4)8-7(14)3-6-9-12-13-10-6/h2H,3H2,1H3,(H,8,11,14)(H,9,10,12,13). The van der Waals surface area contributed by atoms with Crippen LogP contribution in [-0.4, -0.2) is 31.7 Å². The maximum Gasteiger partial charge on any atom is 0.233 e. The summed E-state index contributed by atoms with van der Waals surface area (Å²) in [7, 11) is 0. The summed E-state index contributed by atoms with van der Waals surface area (Å²) in [6.45, 7) is 1.74. The lowest BCUT2D eigenvalue weighted by Gasteiger charge is -1.96. The third kappa shape index (κ3) is 2.36. The van der Waals surface area contributed by atoms with Crippen LogP contribution in [0.2, 0.25) is 0 Å². The van der Waals surface area contributed by atoms with Crippen molar-refractivity contribution < 1.29 is 9.32 Å². The zero-order valence-corrected chi connectivity index (χ0v) is 7.89. The molecule has 0 aliphatic carbocycles. The molecule has 1 amide bonds. The molecule has 78 valence electrons. The van der Waals surface area contributed by atoms with Crippen molar-refractivity contribution in [2.45, 2.75) is 13.3 Å². The summed E-state index contributed by atoms with van der Waals surface area (Å²) in [4.78, 5) is 11.4. The summed E-state index contributed by atoms with van der Waals surface area (Å²) in [6.07, 6.45) is 0.0441. The quantitative estimate of drug-likeness (QED) is 0.715. The fourth-order valence-corrected chi connectivity index (χ4v) is 1.01. The summed E-state index contributed by atoms with van der Waals surface area (Å²) in [5, 5.41) is 19.0. The number of carbonyl (C=O) groups is 1. The van der Waals surface area contributed by atoms with Crippen LogP contribution in [0.3, 0.4) is 0 Å². The van der Waals surface area contributed by atoms with E-state index < -0.39 is 0 Å². The number of aromatic amines is 1. The minimum absolute atomic E-state index is 0.0441. The highest BCUT2D eigenvalue weighted by Crippen LogP contribution is 2.06. The molecular weight excluding hydrogens is 200 g/mol. The Bertz CT molecular complexity index is 448. The van der Waals surface area contributed by atoms with Gasteiger partial charge in [0.05, 0.1) is 6.42 Å². The predicted octanol–water partition coefficient (Wildman–Crippen LogP) is -0.323. The van der Waals surface area contributed by atoms with E-state index in [2.05, 4.69) is 31.1 Å². The van der Waals surface area contributed by atoms with Gasteiger partial charge in [0.1, 0.15) is 5.76 Å². The second-order valence-electron chi connectivity index (χ2n) is 2.88. The number of anilines is 1. The molecule has 0 saturated heterocycles. The van der Waals surface area contributed by atoms with Crippen LogP contribution in [0.5, 0.6) is 0 Å². The van der Waals surface area contributed by atoms with Crippen molar-refractivity contribution in [1.82, 2.24) is 25.8 Å². The number of carbonyl (C=O) groups excluding carboxylic acids is 1. The van der Waals surface area contributed by atoms with Gasteiger partial charge in [-0.15, -0.1) is 10.2 Å². The van der Waals surface area contributed by atoms with Gasteiger partial charge in [0.15, 0.2) is 11.6 Å². The van der Waals surface area contributed by atoms with E-state index >= 15 is 0 Å². The van der Waals surface area contributed by atoms with Gasteiger partial charge in [0.25, 0.3) is 0 Å². The highest BCUT2D eigenvalue weighted by Gasteiger charge is 2.09. The monoisotopic (exact) mass is 208 g/mol. The van der Waals surface area contributed by atoms with E-state index in [0.717, 1.165) is 0 Å². The van der Waals surface area contributed by atoms with Crippen LogP contribution in [0.1, 0.15) is 11.6 Å². The Morgan fingerprint density at radius 1 is 1.67 bits per heavy atom. The first-order valence-electron chi connectivity index (χ1n) is 4.19. The number of aryl methyl sites for hydroxylation is 1. The van der Waals surface area contributed by atoms with Crippen molar-refractivity contribution in [3.63, 3.8) is 0 Å². The van der Waals surface area contributed by atoms with E-state index in [9.17, 15) is 4.79 Å². The molecule has 0 aliphatic heterocycles. The van der Waals surface area contributed by atoms with Crippen molar-refractivity contribution in [2.75, 3.05) is 5.32 Å². The highest BCUT2D eigenvalue weighted by molar-refractivity contribution is 5.90. The lowest BCUT2D eigenvalue weighted by atomic mass is 10.4. The minimum atomic E-state index is -0.273. The molecule has 2 aromatic heterocycles. The number of nitrogens with zero attached hydrogens (tertiary/aromatic N) is 4. The van der Waals surface area contributed by atoms with Crippen LogP contribution in [0, 0.1) is 6.92 Å². The Hall–Kier alpha value is -2.25. The summed E-state index contributed by atoms with van der Waals surface area (Å²) in [6, 6.07) is 1.62. The van der Waals surface area contributed by atoms with Crippen LogP contribution in [-0.2, 0) is 11.2 Å². The van der Waals surface area contributed by atoms with Gasteiger partial charge < -0.3 is 9.84 Å². The molecule has 8 nitrogen and oxygen atoms in total. The SMILES string of the molecule is Cc1cc(NC(=O)Cc2nn[nH]n2)no1. The van der Waals surface area contributed by atoms with E-state index in [4.69, 9.17) is 4.52 Å². The molecular formula is C7H8N6O2. The number of rotatable bonds is 3. The number of H-pyrrole nitrogens is 1. The third-order valence-corrected chi connectivity index (χ3v) is 1.60. The second kappa shape index (κ2) is 3.86. The molecule has 2 heterocycles. The van der Waals surface area contributed by atoms with Crippen molar-refractivity contribution in [1.29, 1.82) is 0 Å². The van der Waals surface area contributed by atoms with Crippen molar-refractivity contribution in [3.05, 3.63) is 17.7 Å². The number of nitrogens with one attached hydrogen (secondary N) is 2. The van der Waals surface area contributed by atoms with Gasteiger partial charge in [0, 0.05) is 6.07 Å². The zero-order chi connectivity index (χ0) is 10.7. The van der Waals surface area contributed by atoms with E-state index in [1.54, 1.807) is 13.0 Å². The highest BCUT2D eigenvalue weighted by atomic mass is 16.5. The van der Waals surface area contributed by atoms with Gasteiger partial charge in [0.2, 0.25) is 5.91 Å². The Balaban J connectivity index is 1.93. The molecule has 0 spiro atoms. The molecule has 0 saturated carbocycles. The van der Waals surface area contributed by atoms with Crippen LogP contribution < -0.4 is 5.32 Å². The maximum absolute atomic E-state index is 11.4. The number of hydrogen-bond donors (Lipinski definition) is 2. The topological polar surface area (TPSA) is 110 Å².